The van der Waals surface area contributed by atoms with Crippen molar-refractivity contribution in [2.75, 3.05) is 4.90 Å². The molecule has 0 aromatic carbocycles. The van der Waals surface area contributed by atoms with Gasteiger partial charge in [-0.05, 0) is 12.1 Å². The van der Waals surface area contributed by atoms with Crippen molar-refractivity contribution < 1.29 is 9.59 Å². The van der Waals surface area contributed by atoms with Gasteiger partial charge < -0.3 is 0 Å². The van der Waals surface area contributed by atoms with E-state index < -0.39 is 5.41 Å². The molecule has 0 aliphatic carbocycles. The third-order valence-corrected chi connectivity index (χ3v) is 2.73. The van der Waals surface area contributed by atoms with Crippen molar-refractivity contribution in [1.82, 2.24) is 4.98 Å². The van der Waals surface area contributed by atoms with E-state index in [-0.39, 0.29) is 24.1 Å². The number of aromatic nitrogens is 1. The molecule has 5 nitrogen and oxygen atoms in total. The molecule has 1 aromatic heterocycles. The van der Waals surface area contributed by atoms with Gasteiger partial charge in [-0.15, -0.1) is 0 Å². The Morgan fingerprint density at radius 2 is 2.12 bits per heavy atom. The average Bonchev–Trinajstić information content (AvgIpc) is 2.49. The van der Waals surface area contributed by atoms with Crippen molar-refractivity contribution in [1.29, 1.82) is 5.26 Å². The van der Waals surface area contributed by atoms with E-state index in [0.717, 1.165) is 4.90 Å². The van der Waals surface area contributed by atoms with Gasteiger partial charge in [0.25, 0.3) is 0 Å². The molecule has 2 rings (SSSR count). The topological polar surface area (TPSA) is 74.1 Å². The fraction of sp³-hybridized carbons (Fsp3) is 0.333. The van der Waals surface area contributed by atoms with Gasteiger partial charge in [0, 0.05) is 12.6 Å². The van der Waals surface area contributed by atoms with Crippen LogP contribution in [0.25, 0.3) is 0 Å². The molecule has 2 amide bonds. The fourth-order valence-corrected chi connectivity index (χ4v) is 1.76. The molecule has 5 heteroatoms. The van der Waals surface area contributed by atoms with Crippen LogP contribution in [0.5, 0.6) is 0 Å². The molecule has 1 aromatic rings. The van der Waals surface area contributed by atoms with Gasteiger partial charge in [-0.1, -0.05) is 13.8 Å². The van der Waals surface area contributed by atoms with Crippen molar-refractivity contribution in [3.63, 3.8) is 0 Å². The Morgan fingerprint density at radius 1 is 1.41 bits per heavy atom. The Bertz CT molecular complexity index is 526. The highest BCUT2D eigenvalue weighted by atomic mass is 16.2. The maximum Gasteiger partial charge on any atom is 0.241 e. The van der Waals surface area contributed by atoms with Gasteiger partial charge in [0.2, 0.25) is 11.8 Å². The maximum atomic E-state index is 12.0. The predicted molar refractivity (Wildman–Crippen MR) is 59.8 cm³/mol. The first-order valence-corrected chi connectivity index (χ1v) is 5.19. The molecule has 1 aliphatic heterocycles. The first-order valence-electron chi connectivity index (χ1n) is 5.19. The molecule has 0 unspecified atom stereocenters. The Balaban J connectivity index is 2.38. The zero-order valence-corrected chi connectivity index (χ0v) is 9.60. The average molecular weight is 229 g/mol. The molecule has 86 valence electrons. The van der Waals surface area contributed by atoms with Crippen LogP contribution in [-0.2, 0) is 9.59 Å². The molecule has 0 radical (unpaired) electrons. The van der Waals surface area contributed by atoms with Crippen LogP contribution in [0.1, 0.15) is 25.8 Å². The summed E-state index contributed by atoms with van der Waals surface area (Å²) in [5.74, 6) is -0.221. The van der Waals surface area contributed by atoms with Gasteiger partial charge >= 0.3 is 0 Å². The normalized spacial score (nSPS) is 18.3. The van der Waals surface area contributed by atoms with E-state index in [1.165, 1.54) is 18.3 Å². The number of nitriles is 1. The molecule has 2 heterocycles. The summed E-state index contributed by atoms with van der Waals surface area (Å²) in [6.07, 6.45) is 1.54. The largest absolute Gasteiger partial charge is 0.274 e. The van der Waals surface area contributed by atoms with Crippen molar-refractivity contribution in [3.8, 4) is 6.07 Å². The standard InChI is InChI=1S/C12H11N3O2/c1-12(2)5-10(16)15(11(12)17)9-4-3-8(6-13)7-14-9/h3-4,7H,5H2,1-2H3. The van der Waals surface area contributed by atoms with E-state index in [1.807, 2.05) is 6.07 Å². The minimum Gasteiger partial charge on any atom is -0.274 e. The van der Waals surface area contributed by atoms with Crippen LogP contribution < -0.4 is 4.90 Å². The lowest BCUT2D eigenvalue weighted by Gasteiger charge is -2.16. The lowest BCUT2D eigenvalue weighted by Crippen LogP contribution is -2.33. The summed E-state index contributed by atoms with van der Waals surface area (Å²) in [6, 6.07) is 4.98. The van der Waals surface area contributed by atoms with Crippen LogP contribution in [0.15, 0.2) is 18.3 Å². The summed E-state index contributed by atoms with van der Waals surface area (Å²) in [4.78, 5) is 28.8. The lowest BCUT2D eigenvalue weighted by molar-refractivity contribution is -0.124. The summed E-state index contributed by atoms with van der Waals surface area (Å²) in [6.45, 7) is 3.47. The number of pyridine rings is 1. The maximum absolute atomic E-state index is 12.0. The van der Waals surface area contributed by atoms with Gasteiger partial charge in [0.1, 0.15) is 11.9 Å². The van der Waals surface area contributed by atoms with Crippen molar-refractivity contribution in [2.45, 2.75) is 20.3 Å². The quantitative estimate of drug-likeness (QED) is 0.679. The van der Waals surface area contributed by atoms with Gasteiger partial charge in [0.05, 0.1) is 11.0 Å². The zero-order valence-electron chi connectivity index (χ0n) is 9.60. The number of nitrogens with zero attached hydrogens (tertiary/aromatic N) is 3. The van der Waals surface area contributed by atoms with E-state index in [1.54, 1.807) is 13.8 Å². The van der Waals surface area contributed by atoms with Gasteiger partial charge in [-0.25, -0.2) is 9.88 Å². The van der Waals surface area contributed by atoms with E-state index in [4.69, 9.17) is 5.26 Å². The molecule has 1 fully saturated rings. The van der Waals surface area contributed by atoms with Crippen LogP contribution in [-0.4, -0.2) is 16.8 Å². The van der Waals surface area contributed by atoms with Crippen LogP contribution in [0.4, 0.5) is 5.82 Å². The smallest absolute Gasteiger partial charge is 0.241 e. The highest BCUT2D eigenvalue weighted by Gasteiger charge is 2.45. The van der Waals surface area contributed by atoms with Gasteiger partial charge in [-0.2, -0.15) is 5.26 Å². The summed E-state index contributed by atoms with van der Waals surface area (Å²) in [7, 11) is 0. The summed E-state index contributed by atoms with van der Waals surface area (Å²) in [5.41, 5.74) is -0.278. The molecule has 0 spiro atoms. The van der Waals surface area contributed by atoms with Crippen LogP contribution in [0.3, 0.4) is 0 Å². The van der Waals surface area contributed by atoms with E-state index >= 15 is 0 Å². The SMILES string of the molecule is CC1(C)CC(=O)N(c2ccc(C#N)cn2)C1=O. The number of carbonyl (C=O) groups excluding carboxylic acids is 2. The fourth-order valence-electron chi connectivity index (χ4n) is 1.76. The third kappa shape index (κ3) is 1.78. The summed E-state index contributed by atoms with van der Waals surface area (Å²) < 4.78 is 0. The Labute approximate surface area is 98.7 Å². The summed E-state index contributed by atoms with van der Waals surface area (Å²) in [5, 5.41) is 8.64. The summed E-state index contributed by atoms with van der Waals surface area (Å²) >= 11 is 0. The molecule has 17 heavy (non-hydrogen) atoms. The highest BCUT2D eigenvalue weighted by molar-refractivity contribution is 6.21. The van der Waals surface area contributed by atoms with Gasteiger partial charge in [-0.3, -0.25) is 9.59 Å². The molecule has 0 bridgehead atoms. The second-order valence-corrected chi connectivity index (χ2v) is 4.61. The Hall–Kier alpha value is -2.22. The number of hydrogen-bond acceptors (Lipinski definition) is 4. The number of anilines is 1. The highest BCUT2D eigenvalue weighted by Crippen LogP contribution is 2.34. The minimum atomic E-state index is -0.674. The zero-order chi connectivity index (χ0) is 12.6. The first-order chi connectivity index (χ1) is 7.95. The Kier molecular flexibility index (Phi) is 2.43. The number of rotatable bonds is 1. The molecule has 1 aliphatic rings. The molecular weight excluding hydrogens is 218 g/mol. The van der Waals surface area contributed by atoms with Gasteiger partial charge in [0.15, 0.2) is 0 Å². The molecule has 1 saturated heterocycles. The van der Waals surface area contributed by atoms with E-state index in [0.29, 0.717) is 5.56 Å². The monoisotopic (exact) mass is 229 g/mol. The van der Waals surface area contributed by atoms with E-state index in [2.05, 4.69) is 4.98 Å². The molecule has 0 saturated carbocycles. The predicted octanol–water partition coefficient (Wildman–Crippen LogP) is 1.24. The molecule has 0 N–H and O–H groups in total. The third-order valence-electron chi connectivity index (χ3n) is 2.73. The van der Waals surface area contributed by atoms with Crippen LogP contribution in [0.2, 0.25) is 0 Å². The second-order valence-electron chi connectivity index (χ2n) is 4.61. The van der Waals surface area contributed by atoms with Crippen molar-refractivity contribution in [3.05, 3.63) is 23.9 Å². The molecular formula is C12H11N3O2. The number of carbonyl (C=O) groups is 2. The lowest BCUT2D eigenvalue weighted by atomic mass is 9.92. The Morgan fingerprint density at radius 3 is 2.53 bits per heavy atom. The van der Waals surface area contributed by atoms with E-state index in [9.17, 15) is 9.59 Å². The number of hydrogen-bond donors (Lipinski definition) is 0. The van der Waals surface area contributed by atoms with Crippen LogP contribution in [0, 0.1) is 16.7 Å². The van der Waals surface area contributed by atoms with Crippen molar-refractivity contribution >= 4 is 17.6 Å². The minimum absolute atomic E-state index is 0.188. The molecule has 0 atom stereocenters. The number of amides is 2. The number of imide groups is 1. The first kappa shape index (κ1) is 11.3. The second kappa shape index (κ2) is 3.67. The van der Waals surface area contributed by atoms with Crippen LogP contribution >= 0.6 is 0 Å². The van der Waals surface area contributed by atoms with Crippen molar-refractivity contribution in [2.24, 2.45) is 5.41 Å².